The fourth-order valence-corrected chi connectivity index (χ4v) is 1.62. The van der Waals surface area contributed by atoms with Gasteiger partial charge >= 0.3 is 5.82 Å². The van der Waals surface area contributed by atoms with Crippen molar-refractivity contribution in [1.82, 2.24) is 0 Å². The van der Waals surface area contributed by atoms with Crippen LogP contribution < -0.4 is 9.64 Å². The summed E-state index contributed by atoms with van der Waals surface area (Å²) < 4.78 is 5.57. The third-order valence-corrected chi connectivity index (χ3v) is 2.46. The Morgan fingerprint density at radius 1 is 1.31 bits per heavy atom. The fraction of sp³-hybridized carbons (Fsp3) is 0.167. The number of ether oxygens (including phenoxy) is 1. The van der Waals surface area contributed by atoms with E-state index in [9.17, 15) is 0 Å². The summed E-state index contributed by atoms with van der Waals surface area (Å²) in [5.41, 5.74) is 1.88. The zero-order chi connectivity index (χ0) is 11.7. The largest absolute Gasteiger partial charge is 0.580 e. The lowest BCUT2D eigenvalue weighted by Gasteiger charge is -2.08. The van der Waals surface area contributed by atoms with Crippen LogP contribution in [0.3, 0.4) is 0 Å². The van der Waals surface area contributed by atoms with Crippen molar-refractivity contribution in [2.75, 3.05) is 11.9 Å². The van der Waals surface area contributed by atoms with Crippen LogP contribution in [0.4, 0.5) is 5.69 Å². The number of rotatable bonds is 0. The van der Waals surface area contributed by atoms with Crippen molar-refractivity contribution in [2.45, 2.75) is 6.92 Å². The molecule has 0 unspecified atom stereocenters. The Morgan fingerprint density at radius 2 is 2.00 bits per heavy atom. The first kappa shape index (κ1) is 10.1. The van der Waals surface area contributed by atoms with Crippen LogP contribution in [-0.4, -0.2) is 7.05 Å². The summed E-state index contributed by atoms with van der Waals surface area (Å²) in [7, 11) is 1.79. The first-order chi connectivity index (χ1) is 7.69. The van der Waals surface area contributed by atoms with Crippen LogP contribution in [0.2, 0.25) is 0 Å². The smallest absolute Gasteiger partial charge is 0.442 e. The molecule has 1 aliphatic rings. The normalized spacial score (nSPS) is 12.5. The Kier molecular flexibility index (Phi) is 2.27. The van der Waals surface area contributed by atoms with Gasteiger partial charge in [0.05, 0.1) is 5.69 Å². The molecule has 2 rings (SSSR count). The van der Waals surface area contributed by atoms with Crippen LogP contribution in [-0.2, 0) is 0 Å². The second-order valence-electron chi connectivity index (χ2n) is 3.44. The third-order valence-electron chi connectivity index (χ3n) is 2.46. The van der Waals surface area contributed by atoms with Crippen LogP contribution in [0.15, 0.2) is 29.9 Å². The van der Waals surface area contributed by atoms with E-state index in [1.54, 1.807) is 11.9 Å². The highest BCUT2D eigenvalue weighted by molar-refractivity contribution is 5.69. The maximum absolute atomic E-state index is 6.92. The molecule has 78 valence electrons. The average molecular weight is 211 g/mol. The van der Waals surface area contributed by atoms with Gasteiger partial charge < -0.3 is 9.64 Å². The van der Waals surface area contributed by atoms with E-state index in [0.717, 1.165) is 17.0 Å². The Hall–Kier alpha value is -2.46. The Labute approximate surface area is 94.0 Å². The van der Waals surface area contributed by atoms with Crippen LogP contribution >= 0.6 is 0 Å². The van der Waals surface area contributed by atoms with Gasteiger partial charge in [0.25, 0.3) is 5.88 Å². The van der Waals surface area contributed by atoms with E-state index in [-0.39, 0.29) is 5.82 Å². The highest BCUT2D eigenvalue weighted by Crippen LogP contribution is 2.41. The van der Waals surface area contributed by atoms with Crippen molar-refractivity contribution >= 4 is 5.69 Å². The van der Waals surface area contributed by atoms with Gasteiger partial charge in [-0.15, -0.1) is 9.69 Å². The lowest BCUT2D eigenvalue weighted by atomic mass is 10.2. The molecule has 0 radical (unpaired) electrons. The summed E-state index contributed by atoms with van der Waals surface area (Å²) in [5.74, 6) is 0.997. The lowest BCUT2D eigenvalue weighted by molar-refractivity contribution is 0.437. The number of anilines is 1. The van der Waals surface area contributed by atoms with Crippen molar-refractivity contribution < 1.29 is 4.74 Å². The van der Waals surface area contributed by atoms with E-state index in [2.05, 4.69) is 9.69 Å². The minimum atomic E-state index is -0.0434. The van der Waals surface area contributed by atoms with E-state index < -0.39 is 0 Å². The summed E-state index contributed by atoms with van der Waals surface area (Å²) in [5, 5.41) is 0. The van der Waals surface area contributed by atoms with Gasteiger partial charge in [-0.3, -0.25) is 0 Å². The molecule has 4 nitrogen and oxygen atoms in total. The number of aryl methyl sites for hydroxylation is 1. The SMILES string of the molecule is [C-]#[N+]C([N+]#[C-])=C1Oc2c(C)cccc2N1C. The quantitative estimate of drug-likeness (QED) is 0.615. The second kappa shape index (κ2) is 3.60. The molecule has 1 aromatic rings. The number of fused-ring (bicyclic) bond motifs is 1. The van der Waals surface area contributed by atoms with E-state index in [1.807, 2.05) is 25.1 Å². The zero-order valence-corrected chi connectivity index (χ0v) is 8.98. The minimum Gasteiger partial charge on any atom is -0.442 e. The molecular formula is C12H9N3O. The zero-order valence-electron chi connectivity index (χ0n) is 8.98. The van der Waals surface area contributed by atoms with Gasteiger partial charge in [-0.25, -0.2) is 0 Å². The third kappa shape index (κ3) is 1.29. The molecule has 0 aromatic heterocycles. The summed E-state index contributed by atoms with van der Waals surface area (Å²) in [4.78, 5) is 8.05. The molecule has 0 amide bonds. The predicted molar refractivity (Wildman–Crippen MR) is 60.4 cm³/mol. The summed E-state index contributed by atoms with van der Waals surface area (Å²) in [6.45, 7) is 15.8. The van der Waals surface area contributed by atoms with Crippen LogP contribution in [0.1, 0.15) is 5.56 Å². The van der Waals surface area contributed by atoms with Gasteiger partial charge in [0.2, 0.25) is 0 Å². The number of nitrogens with zero attached hydrogens (tertiary/aromatic N) is 3. The number of para-hydroxylation sites is 1. The lowest BCUT2D eigenvalue weighted by Crippen LogP contribution is -2.14. The van der Waals surface area contributed by atoms with Crippen LogP contribution in [0, 0.1) is 20.1 Å². The summed E-state index contributed by atoms with van der Waals surface area (Å²) in [6, 6.07) is 5.76. The van der Waals surface area contributed by atoms with E-state index in [1.165, 1.54) is 0 Å². The number of hydrogen-bond acceptors (Lipinski definition) is 2. The Morgan fingerprint density at radius 3 is 2.56 bits per heavy atom. The molecule has 1 aliphatic heterocycles. The molecule has 1 heterocycles. The first-order valence-electron chi connectivity index (χ1n) is 4.69. The topological polar surface area (TPSA) is 21.2 Å². The Balaban J connectivity index is 2.59. The van der Waals surface area contributed by atoms with E-state index >= 15 is 0 Å². The molecule has 1 aromatic carbocycles. The molecule has 4 heteroatoms. The van der Waals surface area contributed by atoms with Gasteiger partial charge in [-0.2, -0.15) is 0 Å². The van der Waals surface area contributed by atoms with Gasteiger partial charge in [-0.05, 0) is 18.6 Å². The summed E-state index contributed by atoms with van der Waals surface area (Å²) >= 11 is 0. The highest BCUT2D eigenvalue weighted by atomic mass is 16.5. The average Bonchev–Trinajstić information content (AvgIpc) is 2.61. The molecular weight excluding hydrogens is 202 g/mol. The molecule has 0 N–H and O–H groups in total. The Bertz CT molecular complexity index is 545. The van der Waals surface area contributed by atoms with Crippen molar-refractivity contribution in [3.63, 3.8) is 0 Å². The van der Waals surface area contributed by atoms with E-state index in [4.69, 9.17) is 17.9 Å². The van der Waals surface area contributed by atoms with Gasteiger partial charge in [0, 0.05) is 7.05 Å². The molecule has 0 bridgehead atoms. The van der Waals surface area contributed by atoms with Gasteiger partial charge in [0.1, 0.15) is 13.1 Å². The maximum Gasteiger partial charge on any atom is 0.580 e. The molecule has 0 saturated carbocycles. The van der Waals surface area contributed by atoms with Crippen LogP contribution in [0.25, 0.3) is 9.69 Å². The van der Waals surface area contributed by atoms with Gasteiger partial charge in [0.15, 0.2) is 5.75 Å². The summed E-state index contributed by atoms with van der Waals surface area (Å²) in [6.07, 6.45) is 0. The maximum atomic E-state index is 6.92. The number of hydrogen-bond donors (Lipinski definition) is 0. The molecule has 0 aliphatic carbocycles. The second-order valence-corrected chi connectivity index (χ2v) is 3.44. The van der Waals surface area contributed by atoms with E-state index in [0.29, 0.717) is 5.88 Å². The minimum absolute atomic E-state index is 0.0434. The molecule has 0 saturated heterocycles. The molecule has 0 fully saturated rings. The van der Waals surface area contributed by atoms with Gasteiger partial charge in [-0.1, -0.05) is 12.1 Å². The van der Waals surface area contributed by atoms with Crippen molar-refractivity contribution in [3.05, 3.63) is 58.3 Å². The highest BCUT2D eigenvalue weighted by Gasteiger charge is 2.31. The first-order valence-corrected chi connectivity index (χ1v) is 4.69. The predicted octanol–water partition coefficient (Wildman–Crippen LogP) is 2.79. The fourth-order valence-electron chi connectivity index (χ4n) is 1.62. The number of benzene rings is 1. The molecule has 0 spiro atoms. The van der Waals surface area contributed by atoms with Crippen LogP contribution in [0.5, 0.6) is 5.75 Å². The molecule has 0 atom stereocenters. The van der Waals surface area contributed by atoms with Crippen molar-refractivity contribution in [3.8, 4) is 5.75 Å². The van der Waals surface area contributed by atoms with Crippen molar-refractivity contribution in [1.29, 1.82) is 0 Å². The monoisotopic (exact) mass is 211 g/mol. The van der Waals surface area contributed by atoms with Crippen molar-refractivity contribution in [2.24, 2.45) is 0 Å². The molecule has 16 heavy (non-hydrogen) atoms. The standard InChI is InChI=1S/C12H9N3O/c1-8-6-5-7-9-10(8)16-12(15(9)4)11(13-2)14-3/h5-7H,1,4H3.